The van der Waals surface area contributed by atoms with Crippen molar-refractivity contribution in [2.45, 2.75) is 37.9 Å². The Morgan fingerprint density at radius 2 is 2.14 bits per heavy atom. The Labute approximate surface area is 135 Å². The molecule has 22 heavy (non-hydrogen) atoms. The summed E-state index contributed by atoms with van der Waals surface area (Å²) in [6.07, 6.45) is 1.09. The average Bonchev–Trinajstić information content (AvgIpc) is 2.88. The van der Waals surface area contributed by atoms with Crippen LogP contribution in [0.2, 0.25) is 0 Å². The minimum absolute atomic E-state index is 0.269. The van der Waals surface area contributed by atoms with Crippen LogP contribution >= 0.6 is 11.8 Å². The number of benzene rings is 1. The first-order chi connectivity index (χ1) is 10.5. The molecule has 1 atom stereocenters. The highest BCUT2D eigenvalue weighted by Crippen LogP contribution is 2.23. The molecule has 0 aliphatic carbocycles. The molecular weight excluding hydrogens is 298 g/mol. The molecule has 0 aliphatic rings. The molecule has 0 fully saturated rings. The lowest BCUT2D eigenvalue weighted by molar-refractivity contribution is 0.126. The summed E-state index contributed by atoms with van der Waals surface area (Å²) in [5.41, 5.74) is 2.54. The van der Waals surface area contributed by atoms with Crippen molar-refractivity contribution in [2.24, 2.45) is 7.05 Å². The number of ether oxygens (including phenoxy) is 1. The second-order valence-corrected chi connectivity index (χ2v) is 6.66. The van der Waals surface area contributed by atoms with Crippen molar-refractivity contribution in [1.29, 1.82) is 0 Å². The first-order valence-corrected chi connectivity index (χ1v) is 8.34. The minimum atomic E-state index is -0.549. The Morgan fingerprint density at radius 3 is 2.73 bits per heavy atom. The molecule has 0 amide bonds. The Bertz CT molecular complexity index is 613. The van der Waals surface area contributed by atoms with E-state index in [4.69, 9.17) is 4.74 Å². The van der Waals surface area contributed by atoms with Crippen molar-refractivity contribution in [3.63, 3.8) is 0 Å². The molecule has 1 aromatic carbocycles. The van der Waals surface area contributed by atoms with Gasteiger partial charge < -0.3 is 14.4 Å². The standard InChI is InChI=1S/C16H23N3O2S/c1-11(2)15-6-5-14(7-12(15)3)21-8-13(20)9-22-16-18-17-10-19(16)4/h5-7,10-11,13,20H,8-9H2,1-4H3. The van der Waals surface area contributed by atoms with Crippen LogP contribution in [0.3, 0.4) is 0 Å². The predicted octanol–water partition coefficient (Wildman–Crippen LogP) is 2.78. The van der Waals surface area contributed by atoms with E-state index in [2.05, 4.69) is 37.0 Å². The number of aromatic nitrogens is 3. The fourth-order valence-electron chi connectivity index (χ4n) is 2.20. The normalized spacial score (nSPS) is 12.6. The molecule has 0 aliphatic heterocycles. The molecule has 120 valence electrons. The molecule has 1 aromatic heterocycles. The predicted molar refractivity (Wildman–Crippen MR) is 88.5 cm³/mol. The van der Waals surface area contributed by atoms with Crippen LogP contribution in [0.15, 0.2) is 29.7 Å². The van der Waals surface area contributed by atoms with E-state index in [9.17, 15) is 5.11 Å². The fraction of sp³-hybridized carbons (Fsp3) is 0.500. The quantitative estimate of drug-likeness (QED) is 0.795. The van der Waals surface area contributed by atoms with Gasteiger partial charge in [0.05, 0.1) is 6.10 Å². The highest BCUT2D eigenvalue weighted by atomic mass is 32.2. The molecule has 0 saturated carbocycles. The second kappa shape index (κ2) is 7.65. The summed E-state index contributed by atoms with van der Waals surface area (Å²) in [5.74, 6) is 1.82. The maximum Gasteiger partial charge on any atom is 0.190 e. The van der Waals surface area contributed by atoms with Gasteiger partial charge >= 0.3 is 0 Å². The Balaban J connectivity index is 1.82. The number of hydrogen-bond acceptors (Lipinski definition) is 5. The fourth-order valence-corrected chi connectivity index (χ4v) is 2.99. The van der Waals surface area contributed by atoms with Gasteiger partial charge in [0.2, 0.25) is 0 Å². The lowest BCUT2D eigenvalue weighted by Crippen LogP contribution is -2.20. The van der Waals surface area contributed by atoms with Gasteiger partial charge in [-0.3, -0.25) is 0 Å². The van der Waals surface area contributed by atoms with Crippen LogP contribution < -0.4 is 4.74 Å². The highest BCUT2D eigenvalue weighted by molar-refractivity contribution is 7.99. The maximum atomic E-state index is 10.0. The summed E-state index contributed by atoms with van der Waals surface area (Å²) in [5, 5.41) is 18.6. The molecule has 2 aromatic rings. The van der Waals surface area contributed by atoms with Crippen molar-refractivity contribution >= 4 is 11.8 Å². The van der Waals surface area contributed by atoms with Crippen molar-refractivity contribution in [1.82, 2.24) is 14.8 Å². The zero-order valence-electron chi connectivity index (χ0n) is 13.5. The van der Waals surface area contributed by atoms with Gasteiger partial charge in [-0.1, -0.05) is 31.7 Å². The molecule has 6 heteroatoms. The molecule has 0 saturated heterocycles. The van der Waals surface area contributed by atoms with Crippen LogP contribution in [0, 0.1) is 6.92 Å². The van der Waals surface area contributed by atoms with E-state index in [1.54, 1.807) is 6.33 Å². The summed E-state index contributed by atoms with van der Waals surface area (Å²) in [7, 11) is 1.88. The van der Waals surface area contributed by atoms with Gasteiger partial charge in [-0.15, -0.1) is 10.2 Å². The number of rotatable bonds is 7. The summed E-state index contributed by atoms with van der Waals surface area (Å²) >= 11 is 1.47. The Hall–Kier alpha value is -1.53. The van der Waals surface area contributed by atoms with Crippen molar-refractivity contribution in [3.05, 3.63) is 35.7 Å². The minimum Gasteiger partial charge on any atom is -0.491 e. The summed E-state index contributed by atoms with van der Waals surface area (Å²) in [4.78, 5) is 0. The van der Waals surface area contributed by atoms with Gasteiger partial charge in [-0.25, -0.2) is 0 Å². The van der Waals surface area contributed by atoms with Crippen LogP contribution in [0.5, 0.6) is 5.75 Å². The van der Waals surface area contributed by atoms with Gasteiger partial charge in [0.15, 0.2) is 5.16 Å². The van der Waals surface area contributed by atoms with Crippen LogP contribution in [-0.4, -0.2) is 38.3 Å². The third-order valence-corrected chi connectivity index (χ3v) is 4.56. The molecule has 5 nitrogen and oxygen atoms in total. The number of aryl methyl sites for hydroxylation is 2. The monoisotopic (exact) mass is 321 g/mol. The number of hydrogen-bond donors (Lipinski definition) is 1. The van der Waals surface area contributed by atoms with Gasteiger partial charge in [-0.05, 0) is 36.1 Å². The van der Waals surface area contributed by atoms with Crippen LogP contribution in [-0.2, 0) is 7.05 Å². The summed E-state index contributed by atoms with van der Waals surface area (Å²) in [6, 6.07) is 6.08. The molecule has 1 heterocycles. The second-order valence-electron chi connectivity index (χ2n) is 5.67. The van der Waals surface area contributed by atoms with Gasteiger partial charge in [0.1, 0.15) is 18.7 Å². The van der Waals surface area contributed by atoms with Gasteiger partial charge in [-0.2, -0.15) is 0 Å². The third kappa shape index (κ3) is 4.48. The van der Waals surface area contributed by atoms with E-state index < -0.39 is 6.10 Å². The van der Waals surface area contributed by atoms with E-state index in [1.165, 1.54) is 22.9 Å². The largest absolute Gasteiger partial charge is 0.491 e. The first-order valence-electron chi connectivity index (χ1n) is 7.35. The third-order valence-electron chi connectivity index (χ3n) is 3.38. The average molecular weight is 321 g/mol. The first kappa shape index (κ1) is 16.8. The van der Waals surface area contributed by atoms with Crippen LogP contribution in [0.4, 0.5) is 0 Å². The summed E-state index contributed by atoms with van der Waals surface area (Å²) in [6.45, 7) is 6.71. The molecule has 1 N–H and O–H groups in total. The molecule has 0 radical (unpaired) electrons. The van der Waals surface area contributed by atoms with Gasteiger partial charge in [0, 0.05) is 12.8 Å². The Morgan fingerprint density at radius 1 is 1.36 bits per heavy atom. The van der Waals surface area contributed by atoms with Crippen molar-refractivity contribution in [3.8, 4) is 5.75 Å². The molecular formula is C16H23N3O2S. The van der Waals surface area contributed by atoms with Crippen LogP contribution in [0.1, 0.15) is 30.9 Å². The number of aliphatic hydroxyl groups is 1. The van der Waals surface area contributed by atoms with E-state index in [-0.39, 0.29) is 6.61 Å². The highest BCUT2D eigenvalue weighted by Gasteiger charge is 2.10. The van der Waals surface area contributed by atoms with Crippen molar-refractivity contribution in [2.75, 3.05) is 12.4 Å². The smallest absolute Gasteiger partial charge is 0.190 e. The SMILES string of the molecule is Cc1cc(OCC(O)CSc2nncn2C)ccc1C(C)C. The van der Waals surface area contributed by atoms with Gasteiger partial charge in [0.25, 0.3) is 0 Å². The topological polar surface area (TPSA) is 60.2 Å². The maximum absolute atomic E-state index is 10.0. The molecule has 2 rings (SSSR count). The van der Waals surface area contributed by atoms with E-state index in [1.807, 2.05) is 23.7 Å². The molecule has 0 bridgehead atoms. The Kier molecular flexibility index (Phi) is 5.85. The van der Waals surface area contributed by atoms with E-state index in [0.29, 0.717) is 11.7 Å². The lowest BCUT2D eigenvalue weighted by Gasteiger charge is -2.14. The number of thioether (sulfide) groups is 1. The zero-order chi connectivity index (χ0) is 16.1. The van der Waals surface area contributed by atoms with Crippen molar-refractivity contribution < 1.29 is 9.84 Å². The number of nitrogens with zero attached hydrogens (tertiary/aromatic N) is 3. The van der Waals surface area contributed by atoms with E-state index >= 15 is 0 Å². The molecule has 0 spiro atoms. The lowest BCUT2D eigenvalue weighted by atomic mass is 9.98. The number of aliphatic hydroxyl groups excluding tert-OH is 1. The van der Waals surface area contributed by atoms with E-state index in [0.717, 1.165) is 10.9 Å². The van der Waals surface area contributed by atoms with Crippen LogP contribution in [0.25, 0.3) is 0 Å². The molecule has 1 unspecified atom stereocenters. The zero-order valence-corrected chi connectivity index (χ0v) is 14.3. The summed E-state index contributed by atoms with van der Waals surface area (Å²) < 4.78 is 7.50.